The number of amides is 1. The van der Waals surface area contributed by atoms with Gasteiger partial charge >= 0.3 is 0 Å². The van der Waals surface area contributed by atoms with Crippen molar-refractivity contribution < 1.29 is 9.53 Å². The summed E-state index contributed by atoms with van der Waals surface area (Å²) in [6.45, 7) is 2.17. The molecule has 5 heteroatoms. The number of hydrogen-bond acceptors (Lipinski definition) is 4. The maximum atomic E-state index is 11.5. The summed E-state index contributed by atoms with van der Waals surface area (Å²) in [5.74, 6) is -0.185. The smallest absolute Gasteiger partial charge is 0.239 e. The van der Waals surface area contributed by atoms with Crippen LogP contribution in [0, 0.1) is 0 Å². The summed E-state index contributed by atoms with van der Waals surface area (Å²) in [6.07, 6.45) is 0. The summed E-state index contributed by atoms with van der Waals surface area (Å²) in [4.78, 5) is 11.5. The van der Waals surface area contributed by atoms with Crippen LogP contribution in [0.1, 0.15) is 18.5 Å². The molecule has 1 aromatic rings. The average Bonchev–Trinajstić information content (AvgIpc) is 2.70. The molecule has 1 aromatic heterocycles. The van der Waals surface area contributed by atoms with Gasteiger partial charge in [0.1, 0.15) is 6.04 Å². The summed E-state index contributed by atoms with van der Waals surface area (Å²) in [7, 11) is 1.52. The molecule has 0 spiro atoms. The molecule has 0 saturated heterocycles. The summed E-state index contributed by atoms with van der Waals surface area (Å²) >= 11 is 1.61. The van der Waals surface area contributed by atoms with E-state index in [4.69, 9.17) is 10.5 Å². The van der Waals surface area contributed by atoms with Crippen molar-refractivity contribution in [3.05, 3.63) is 22.4 Å². The van der Waals surface area contributed by atoms with Crippen LogP contribution in [-0.2, 0) is 9.53 Å². The lowest BCUT2D eigenvalue weighted by Crippen LogP contribution is -2.44. The molecule has 1 heterocycles. The van der Waals surface area contributed by atoms with Crippen LogP contribution < -0.4 is 11.1 Å². The molecule has 84 valence electrons. The van der Waals surface area contributed by atoms with E-state index >= 15 is 0 Å². The zero-order chi connectivity index (χ0) is 11.3. The molecule has 0 aliphatic rings. The van der Waals surface area contributed by atoms with E-state index in [0.717, 1.165) is 5.56 Å². The lowest BCUT2D eigenvalue weighted by atomic mass is 10.1. The van der Waals surface area contributed by atoms with Crippen molar-refractivity contribution in [2.45, 2.75) is 19.0 Å². The van der Waals surface area contributed by atoms with Crippen molar-refractivity contribution in [3.63, 3.8) is 0 Å². The van der Waals surface area contributed by atoms with E-state index in [1.165, 1.54) is 7.11 Å². The number of carbonyl (C=O) groups excluding carboxylic acids is 1. The minimum absolute atomic E-state index is 0.00773. The van der Waals surface area contributed by atoms with E-state index in [1.807, 2.05) is 23.8 Å². The third-order valence-corrected chi connectivity index (χ3v) is 2.79. The molecule has 2 atom stereocenters. The van der Waals surface area contributed by atoms with Crippen LogP contribution in [0.15, 0.2) is 16.8 Å². The van der Waals surface area contributed by atoms with E-state index < -0.39 is 6.04 Å². The molecule has 0 bridgehead atoms. The Hall–Kier alpha value is -0.910. The average molecular weight is 228 g/mol. The maximum Gasteiger partial charge on any atom is 0.239 e. The van der Waals surface area contributed by atoms with Gasteiger partial charge in [-0.3, -0.25) is 4.79 Å². The Kier molecular flexibility index (Phi) is 4.74. The zero-order valence-electron chi connectivity index (χ0n) is 8.90. The minimum atomic E-state index is -0.601. The van der Waals surface area contributed by atoms with E-state index in [1.54, 1.807) is 11.3 Å². The van der Waals surface area contributed by atoms with Crippen molar-refractivity contribution in [2.75, 3.05) is 13.7 Å². The van der Waals surface area contributed by atoms with Gasteiger partial charge in [0.15, 0.2) is 0 Å². The maximum absolute atomic E-state index is 11.5. The highest BCUT2D eigenvalue weighted by Gasteiger charge is 2.16. The Morgan fingerprint density at radius 3 is 3.00 bits per heavy atom. The van der Waals surface area contributed by atoms with E-state index in [0.29, 0.717) is 0 Å². The van der Waals surface area contributed by atoms with Crippen molar-refractivity contribution in [2.24, 2.45) is 5.73 Å². The Morgan fingerprint density at radius 1 is 1.73 bits per heavy atom. The van der Waals surface area contributed by atoms with Crippen LogP contribution in [0.4, 0.5) is 0 Å². The number of nitrogens with one attached hydrogen (secondary N) is 1. The molecule has 1 amide bonds. The van der Waals surface area contributed by atoms with Gasteiger partial charge in [-0.1, -0.05) is 0 Å². The quantitative estimate of drug-likeness (QED) is 0.787. The molecule has 0 saturated carbocycles. The van der Waals surface area contributed by atoms with Gasteiger partial charge in [-0.05, 0) is 29.3 Å². The highest BCUT2D eigenvalue weighted by atomic mass is 32.1. The second-order valence-electron chi connectivity index (χ2n) is 3.35. The monoisotopic (exact) mass is 228 g/mol. The van der Waals surface area contributed by atoms with Gasteiger partial charge in [-0.15, -0.1) is 0 Å². The number of ether oxygens (including phenoxy) is 1. The number of thiophene rings is 1. The number of methoxy groups -OCH3 is 1. The fourth-order valence-electron chi connectivity index (χ4n) is 1.18. The van der Waals surface area contributed by atoms with Crippen LogP contribution >= 0.6 is 11.3 Å². The molecule has 4 nitrogen and oxygen atoms in total. The topological polar surface area (TPSA) is 64.3 Å². The molecule has 0 aliphatic heterocycles. The molecule has 3 N–H and O–H groups in total. The summed E-state index contributed by atoms with van der Waals surface area (Å²) in [5.41, 5.74) is 6.69. The minimum Gasteiger partial charge on any atom is -0.383 e. The van der Waals surface area contributed by atoms with Crippen LogP contribution in [-0.4, -0.2) is 25.7 Å². The highest BCUT2D eigenvalue weighted by molar-refractivity contribution is 7.07. The molecule has 0 radical (unpaired) electrons. The van der Waals surface area contributed by atoms with Gasteiger partial charge in [0.25, 0.3) is 0 Å². The molecule has 0 aromatic carbocycles. The third-order valence-electron chi connectivity index (χ3n) is 2.08. The Labute approximate surface area is 93.4 Å². The fourth-order valence-corrected chi connectivity index (χ4v) is 1.93. The van der Waals surface area contributed by atoms with Gasteiger partial charge in [-0.2, -0.15) is 11.3 Å². The lowest BCUT2D eigenvalue weighted by molar-refractivity contribution is -0.124. The van der Waals surface area contributed by atoms with Crippen molar-refractivity contribution in [1.82, 2.24) is 5.32 Å². The molecule has 0 fully saturated rings. The standard InChI is InChI=1S/C10H16N2O2S/c1-7(8-3-4-15-6-8)12-10(13)9(11)5-14-2/h3-4,6-7,9H,5,11H2,1-2H3,(H,12,13). The normalized spacial score (nSPS) is 14.6. The predicted octanol–water partition coefficient (Wildman–Crippen LogP) is 0.899. The molecule has 2 unspecified atom stereocenters. The van der Waals surface area contributed by atoms with E-state index in [9.17, 15) is 4.79 Å². The number of nitrogens with two attached hydrogens (primary N) is 1. The van der Waals surface area contributed by atoms with Gasteiger partial charge in [0, 0.05) is 7.11 Å². The van der Waals surface area contributed by atoms with Crippen molar-refractivity contribution >= 4 is 17.2 Å². The van der Waals surface area contributed by atoms with Crippen LogP contribution in [0.3, 0.4) is 0 Å². The summed E-state index contributed by atoms with van der Waals surface area (Å²) in [5, 5.41) is 6.82. The fraction of sp³-hybridized carbons (Fsp3) is 0.500. The first-order valence-electron chi connectivity index (χ1n) is 4.72. The SMILES string of the molecule is COCC(N)C(=O)NC(C)c1ccsc1. The first kappa shape index (κ1) is 12.2. The number of carbonyl (C=O) groups is 1. The Morgan fingerprint density at radius 2 is 2.47 bits per heavy atom. The summed E-state index contributed by atoms with van der Waals surface area (Å²) in [6, 6.07) is 1.38. The second kappa shape index (κ2) is 5.85. The third kappa shape index (κ3) is 3.62. The number of hydrogen-bond donors (Lipinski definition) is 2. The second-order valence-corrected chi connectivity index (χ2v) is 4.13. The van der Waals surface area contributed by atoms with Crippen LogP contribution in [0.5, 0.6) is 0 Å². The van der Waals surface area contributed by atoms with Crippen molar-refractivity contribution in [3.8, 4) is 0 Å². The van der Waals surface area contributed by atoms with Crippen LogP contribution in [0.25, 0.3) is 0 Å². The predicted molar refractivity (Wildman–Crippen MR) is 60.7 cm³/mol. The number of rotatable bonds is 5. The van der Waals surface area contributed by atoms with Gasteiger partial charge in [0.05, 0.1) is 12.6 Å². The van der Waals surface area contributed by atoms with Gasteiger partial charge in [0.2, 0.25) is 5.91 Å². The Balaban J connectivity index is 2.44. The summed E-state index contributed by atoms with van der Waals surface area (Å²) < 4.78 is 4.81. The zero-order valence-corrected chi connectivity index (χ0v) is 9.71. The lowest BCUT2D eigenvalue weighted by Gasteiger charge is -2.16. The van der Waals surface area contributed by atoms with Gasteiger partial charge in [-0.25, -0.2) is 0 Å². The van der Waals surface area contributed by atoms with Gasteiger partial charge < -0.3 is 15.8 Å². The molecule has 1 rings (SSSR count). The highest BCUT2D eigenvalue weighted by Crippen LogP contribution is 2.15. The molecular formula is C10H16N2O2S. The molecule has 15 heavy (non-hydrogen) atoms. The van der Waals surface area contributed by atoms with E-state index in [-0.39, 0.29) is 18.6 Å². The molecular weight excluding hydrogens is 212 g/mol. The van der Waals surface area contributed by atoms with Crippen molar-refractivity contribution in [1.29, 1.82) is 0 Å². The molecule has 0 aliphatic carbocycles. The first-order valence-corrected chi connectivity index (χ1v) is 5.66. The van der Waals surface area contributed by atoms with Crippen LogP contribution in [0.2, 0.25) is 0 Å². The largest absolute Gasteiger partial charge is 0.383 e. The first-order chi connectivity index (χ1) is 7.15. The van der Waals surface area contributed by atoms with E-state index in [2.05, 4.69) is 5.32 Å². The Bertz CT molecular complexity index is 300.